The Morgan fingerprint density at radius 3 is 2.56 bits per heavy atom. The Bertz CT molecular complexity index is 1440. The third kappa shape index (κ3) is 5.10. The van der Waals surface area contributed by atoms with Crippen molar-refractivity contribution in [3.63, 3.8) is 0 Å². The van der Waals surface area contributed by atoms with E-state index < -0.39 is 23.7 Å². The second-order valence-electron chi connectivity index (χ2n) is 8.53. The molecule has 0 fully saturated rings. The normalized spacial score (nSPS) is 11.9. The van der Waals surface area contributed by atoms with E-state index in [4.69, 9.17) is 0 Å². The third-order valence-electron chi connectivity index (χ3n) is 5.29. The van der Waals surface area contributed by atoms with Crippen molar-refractivity contribution in [1.29, 1.82) is 0 Å². The lowest BCUT2D eigenvalue weighted by Gasteiger charge is -2.10. The fraction of sp³-hybridized carbons (Fsp3) is 0.348. The monoisotopic (exact) mass is 519 g/mol. The minimum Gasteiger partial charge on any atom is -0.350 e. The number of nitrogens with one attached hydrogen (secondary N) is 2. The van der Waals surface area contributed by atoms with Crippen LogP contribution in [0.1, 0.15) is 52.3 Å². The number of hydrogen-bond donors (Lipinski definition) is 2. The summed E-state index contributed by atoms with van der Waals surface area (Å²) in [6.07, 6.45) is -2.69. The fourth-order valence-corrected chi connectivity index (χ4v) is 4.39. The first-order valence-electron chi connectivity index (χ1n) is 11.2. The lowest BCUT2D eigenvalue weighted by atomic mass is 10.2. The Morgan fingerprint density at radius 2 is 1.92 bits per heavy atom. The Balaban J connectivity index is 1.68. The van der Waals surface area contributed by atoms with Crippen LogP contribution in [-0.4, -0.2) is 42.7 Å². The van der Waals surface area contributed by atoms with Crippen LogP contribution >= 0.6 is 11.3 Å². The van der Waals surface area contributed by atoms with Gasteiger partial charge in [-0.1, -0.05) is 20.8 Å². The minimum atomic E-state index is -4.73. The maximum Gasteiger partial charge on any atom is 0.433 e. The highest BCUT2D eigenvalue weighted by molar-refractivity contribution is 7.15. The van der Waals surface area contributed by atoms with Crippen LogP contribution in [0.5, 0.6) is 0 Å². The highest BCUT2D eigenvalue weighted by Crippen LogP contribution is 2.34. The van der Waals surface area contributed by atoms with Crippen LogP contribution < -0.4 is 10.6 Å². The Labute approximate surface area is 208 Å². The number of carbonyl (C=O) groups excluding carboxylic acids is 2. The number of amides is 2. The van der Waals surface area contributed by atoms with Crippen molar-refractivity contribution in [2.45, 2.75) is 33.4 Å². The summed E-state index contributed by atoms with van der Waals surface area (Å²) in [5.41, 5.74) is -1.11. The number of aryl methyl sites for hydroxylation is 2. The number of carbonyl (C=O) groups is 2. The molecule has 190 valence electrons. The largest absolute Gasteiger partial charge is 0.433 e. The molecule has 0 aromatic carbocycles. The molecule has 0 atom stereocenters. The first-order chi connectivity index (χ1) is 17.0. The molecule has 0 aliphatic carbocycles. The van der Waals surface area contributed by atoms with Gasteiger partial charge in [0.25, 0.3) is 11.8 Å². The summed E-state index contributed by atoms with van der Waals surface area (Å²) in [4.78, 5) is 31.4. The van der Waals surface area contributed by atoms with Crippen LogP contribution in [0.4, 0.5) is 18.9 Å². The SMILES string of the molecule is CCc1ccc(-c2cc(C(F)(F)F)n3nc(C(=O)Nc4cnn(C)c4C(=O)NCC(C)C)cc3n2)s1. The quantitative estimate of drug-likeness (QED) is 0.376. The molecule has 13 heteroatoms. The summed E-state index contributed by atoms with van der Waals surface area (Å²) in [5.74, 6) is -1.03. The summed E-state index contributed by atoms with van der Waals surface area (Å²) in [6, 6.07) is 5.67. The average molecular weight is 520 g/mol. The van der Waals surface area contributed by atoms with E-state index in [0.717, 1.165) is 17.4 Å². The van der Waals surface area contributed by atoms with Gasteiger partial charge in [-0.15, -0.1) is 11.3 Å². The van der Waals surface area contributed by atoms with Gasteiger partial charge in [-0.05, 0) is 30.5 Å². The maximum atomic E-state index is 13.9. The molecule has 0 aliphatic heterocycles. The molecule has 0 unspecified atom stereocenters. The van der Waals surface area contributed by atoms with Gasteiger partial charge in [0.15, 0.2) is 17.0 Å². The number of anilines is 1. The van der Waals surface area contributed by atoms with Gasteiger partial charge in [0.1, 0.15) is 5.69 Å². The molecule has 0 bridgehead atoms. The van der Waals surface area contributed by atoms with E-state index in [1.54, 1.807) is 13.1 Å². The third-order valence-corrected chi connectivity index (χ3v) is 6.54. The maximum absolute atomic E-state index is 13.9. The fourth-order valence-electron chi connectivity index (χ4n) is 3.48. The molecule has 4 aromatic heterocycles. The molecule has 2 amide bonds. The van der Waals surface area contributed by atoms with E-state index in [1.807, 2.05) is 26.8 Å². The number of fused-ring (bicyclic) bond motifs is 1. The molecule has 0 saturated carbocycles. The highest BCUT2D eigenvalue weighted by atomic mass is 32.1. The molecular weight excluding hydrogens is 495 g/mol. The van der Waals surface area contributed by atoms with Crippen LogP contribution in [-0.2, 0) is 19.6 Å². The Kier molecular flexibility index (Phi) is 6.85. The smallest absolute Gasteiger partial charge is 0.350 e. The zero-order valence-electron chi connectivity index (χ0n) is 20.0. The predicted molar refractivity (Wildman–Crippen MR) is 129 cm³/mol. The van der Waals surface area contributed by atoms with Crippen molar-refractivity contribution in [2.75, 3.05) is 11.9 Å². The molecule has 0 spiro atoms. The zero-order valence-corrected chi connectivity index (χ0v) is 20.8. The number of aromatic nitrogens is 5. The van der Waals surface area contributed by atoms with Crippen LogP contribution in [0, 0.1) is 5.92 Å². The summed E-state index contributed by atoms with van der Waals surface area (Å²) >= 11 is 1.36. The van der Waals surface area contributed by atoms with Gasteiger partial charge in [0, 0.05) is 24.5 Å². The van der Waals surface area contributed by atoms with Crippen molar-refractivity contribution in [2.24, 2.45) is 13.0 Å². The number of thiophene rings is 1. The number of alkyl halides is 3. The van der Waals surface area contributed by atoms with E-state index in [0.29, 0.717) is 15.9 Å². The van der Waals surface area contributed by atoms with Gasteiger partial charge in [0.05, 0.1) is 22.5 Å². The van der Waals surface area contributed by atoms with Crippen LogP contribution in [0.15, 0.2) is 30.5 Å². The van der Waals surface area contributed by atoms with Gasteiger partial charge < -0.3 is 10.6 Å². The number of halogens is 3. The summed E-state index contributed by atoms with van der Waals surface area (Å²) in [5, 5.41) is 13.2. The summed E-state index contributed by atoms with van der Waals surface area (Å²) < 4.78 is 43.5. The van der Waals surface area contributed by atoms with E-state index in [-0.39, 0.29) is 34.3 Å². The van der Waals surface area contributed by atoms with Crippen molar-refractivity contribution in [3.8, 4) is 10.6 Å². The van der Waals surface area contributed by atoms with Gasteiger partial charge in [-0.25, -0.2) is 9.50 Å². The second kappa shape index (κ2) is 9.72. The van der Waals surface area contributed by atoms with Crippen molar-refractivity contribution < 1.29 is 22.8 Å². The molecule has 36 heavy (non-hydrogen) atoms. The van der Waals surface area contributed by atoms with Gasteiger partial charge in [-0.2, -0.15) is 23.4 Å². The van der Waals surface area contributed by atoms with Crippen molar-refractivity contribution >= 4 is 34.5 Å². The van der Waals surface area contributed by atoms with Crippen LogP contribution in [0.3, 0.4) is 0 Å². The van der Waals surface area contributed by atoms with E-state index in [1.165, 1.54) is 28.3 Å². The van der Waals surface area contributed by atoms with E-state index >= 15 is 0 Å². The number of rotatable bonds is 7. The molecule has 4 heterocycles. The highest BCUT2D eigenvalue weighted by Gasteiger charge is 2.36. The standard InChI is InChI=1S/C23H24F3N7O2S/c1-5-13-6-7-17(36-13)14-8-18(23(24,25)26)33-19(29-14)9-15(31-33)21(34)30-16-11-28-32(4)20(16)22(35)27-10-12(2)3/h6-9,11-12H,5,10H2,1-4H3,(H,27,35)(H,30,34). The first kappa shape index (κ1) is 25.4. The molecule has 9 nitrogen and oxygen atoms in total. The molecule has 0 saturated heterocycles. The summed E-state index contributed by atoms with van der Waals surface area (Å²) in [6.45, 7) is 6.25. The van der Waals surface area contributed by atoms with Crippen molar-refractivity contribution in [1.82, 2.24) is 29.7 Å². The molecule has 4 aromatic rings. The first-order valence-corrected chi connectivity index (χ1v) is 12.0. The molecule has 4 rings (SSSR count). The van der Waals surface area contributed by atoms with E-state index in [2.05, 4.69) is 25.8 Å². The summed E-state index contributed by atoms with van der Waals surface area (Å²) in [7, 11) is 1.54. The Morgan fingerprint density at radius 1 is 1.17 bits per heavy atom. The minimum absolute atomic E-state index is 0.105. The Hall–Kier alpha value is -3.74. The van der Waals surface area contributed by atoms with Gasteiger partial charge in [0.2, 0.25) is 0 Å². The van der Waals surface area contributed by atoms with E-state index in [9.17, 15) is 22.8 Å². The second-order valence-corrected chi connectivity index (χ2v) is 9.70. The van der Waals surface area contributed by atoms with Gasteiger partial charge >= 0.3 is 6.18 Å². The average Bonchev–Trinajstić information content (AvgIpc) is 3.54. The molecular formula is C23H24F3N7O2S. The van der Waals surface area contributed by atoms with Gasteiger partial charge in [-0.3, -0.25) is 14.3 Å². The molecule has 0 radical (unpaired) electrons. The lowest BCUT2D eigenvalue weighted by molar-refractivity contribution is -0.142. The lowest BCUT2D eigenvalue weighted by Crippen LogP contribution is -2.30. The van der Waals surface area contributed by atoms with Crippen LogP contribution in [0.2, 0.25) is 0 Å². The zero-order chi connectivity index (χ0) is 26.2. The topological polar surface area (TPSA) is 106 Å². The molecule has 0 aliphatic rings. The van der Waals surface area contributed by atoms with Crippen molar-refractivity contribution in [3.05, 3.63) is 52.4 Å². The molecule has 2 N–H and O–H groups in total. The van der Waals surface area contributed by atoms with Crippen LogP contribution in [0.25, 0.3) is 16.2 Å². The number of nitrogens with zero attached hydrogens (tertiary/aromatic N) is 5. The number of hydrogen-bond acceptors (Lipinski definition) is 6. The predicted octanol–water partition coefficient (Wildman–Crippen LogP) is 4.41.